The molecule has 0 aromatic carbocycles. The summed E-state index contributed by atoms with van der Waals surface area (Å²) in [5.41, 5.74) is 7.01. The maximum absolute atomic E-state index is 13.2. The number of aromatic amines is 1. The van der Waals surface area contributed by atoms with Crippen molar-refractivity contribution in [2.24, 2.45) is 5.73 Å². The first-order valence-corrected chi connectivity index (χ1v) is 11.8. The first-order valence-electron chi connectivity index (χ1n) is 10.6. The van der Waals surface area contributed by atoms with Gasteiger partial charge in [0, 0.05) is 37.6 Å². The van der Waals surface area contributed by atoms with Crippen molar-refractivity contribution in [3.05, 3.63) is 25.6 Å². The van der Waals surface area contributed by atoms with Gasteiger partial charge in [-0.3, -0.25) is 9.36 Å². The third-order valence-corrected chi connectivity index (χ3v) is 7.63. The van der Waals surface area contributed by atoms with Gasteiger partial charge in [0.15, 0.2) is 4.77 Å². The van der Waals surface area contributed by atoms with Crippen LogP contribution in [0.25, 0.3) is 10.2 Å². The SMILES string of the molecule is NCCCN1CCN(CCCn2c(=S)[nH]c3sc4c(c3c2=O)CCCC4)CC1. The molecule has 4 rings (SSSR count). The fourth-order valence-corrected chi connectivity index (χ4v) is 6.10. The molecule has 0 radical (unpaired) electrons. The molecule has 1 saturated heterocycles. The second kappa shape index (κ2) is 9.17. The Bertz CT molecular complexity index is 923. The molecule has 154 valence electrons. The van der Waals surface area contributed by atoms with Crippen molar-refractivity contribution >= 4 is 33.8 Å². The highest BCUT2D eigenvalue weighted by molar-refractivity contribution is 7.71. The second-order valence-electron chi connectivity index (χ2n) is 7.98. The molecule has 2 aliphatic rings. The molecule has 0 unspecified atom stereocenters. The van der Waals surface area contributed by atoms with Crippen LogP contribution in [0.5, 0.6) is 0 Å². The van der Waals surface area contributed by atoms with Gasteiger partial charge < -0.3 is 20.5 Å². The van der Waals surface area contributed by atoms with Crippen molar-refractivity contribution in [2.75, 3.05) is 45.8 Å². The number of aromatic nitrogens is 2. The van der Waals surface area contributed by atoms with Gasteiger partial charge in [-0.1, -0.05) is 0 Å². The highest BCUT2D eigenvalue weighted by atomic mass is 32.1. The molecule has 2 aromatic rings. The van der Waals surface area contributed by atoms with Gasteiger partial charge in [0.1, 0.15) is 4.83 Å². The van der Waals surface area contributed by atoms with Crippen molar-refractivity contribution in [1.29, 1.82) is 0 Å². The molecule has 28 heavy (non-hydrogen) atoms. The molecule has 0 bridgehead atoms. The monoisotopic (exact) mass is 421 g/mol. The summed E-state index contributed by atoms with van der Waals surface area (Å²) in [4.78, 5) is 23.9. The Morgan fingerprint density at radius 1 is 1.00 bits per heavy atom. The van der Waals surface area contributed by atoms with Crippen LogP contribution < -0.4 is 11.3 Å². The lowest BCUT2D eigenvalue weighted by Gasteiger charge is -2.34. The first kappa shape index (κ1) is 20.2. The van der Waals surface area contributed by atoms with Crippen molar-refractivity contribution in [3.63, 3.8) is 0 Å². The predicted octanol–water partition coefficient (Wildman–Crippen LogP) is 2.36. The number of hydrogen-bond acceptors (Lipinski definition) is 6. The van der Waals surface area contributed by atoms with Gasteiger partial charge >= 0.3 is 0 Å². The summed E-state index contributed by atoms with van der Waals surface area (Å²) in [5, 5.41) is 0.904. The maximum Gasteiger partial charge on any atom is 0.263 e. The van der Waals surface area contributed by atoms with Crippen LogP contribution in [-0.4, -0.2) is 65.2 Å². The van der Waals surface area contributed by atoms with E-state index in [9.17, 15) is 4.79 Å². The Morgan fingerprint density at radius 2 is 1.68 bits per heavy atom. The number of piperazine rings is 1. The summed E-state index contributed by atoms with van der Waals surface area (Å²) in [5.74, 6) is 0. The molecule has 8 heteroatoms. The Balaban J connectivity index is 1.39. The van der Waals surface area contributed by atoms with Gasteiger partial charge in [0.25, 0.3) is 5.56 Å². The van der Waals surface area contributed by atoms with Crippen LogP contribution in [0.4, 0.5) is 0 Å². The molecule has 1 aliphatic heterocycles. The van der Waals surface area contributed by atoms with Crippen molar-refractivity contribution < 1.29 is 0 Å². The summed E-state index contributed by atoms with van der Waals surface area (Å²) < 4.78 is 2.36. The lowest BCUT2D eigenvalue weighted by molar-refractivity contribution is 0.129. The topological polar surface area (TPSA) is 70.3 Å². The average Bonchev–Trinajstić information content (AvgIpc) is 3.08. The average molecular weight is 422 g/mol. The summed E-state index contributed by atoms with van der Waals surface area (Å²) in [6.45, 7) is 8.04. The third-order valence-electron chi connectivity index (χ3n) is 6.10. The minimum Gasteiger partial charge on any atom is -0.330 e. The molecular weight excluding hydrogens is 390 g/mol. The molecule has 0 saturated carbocycles. The largest absolute Gasteiger partial charge is 0.330 e. The minimum atomic E-state index is 0.116. The summed E-state index contributed by atoms with van der Waals surface area (Å²) in [6, 6.07) is 0. The van der Waals surface area contributed by atoms with Crippen LogP contribution in [0.2, 0.25) is 0 Å². The van der Waals surface area contributed by atoms with E-state index in [4.69, 9.17) is 18.0 Å². The van der Waals surface area contributed by atoms with Gasteiger partial charge in [0.2, 0.25) is 0 Å². The zero-order chi connectivity index (χ0) is 19.5. The van der Waals surface area contributed by atoms with E-state index in [0.717, 1.165) is 81.7 Å². The van der Waals surface area contributed by atoms with E-state index in [1.165, 1.54) is 23.3 Å². The van der Waals surface area contributed by atoms with Gasteiger partial charge in [-0.05, 0) is 75.9 Å². The molecule has 1 aliphatic carbocycles. The van der Waals surface area contributed by atoms with E-state index in [0.29, 0.717) is 11.3 Å². The number of rotatable bonds is 7. The van der Waals surface area contributed by atoms with Gasteiger partial charge in [-0.25, -0.2) is 0 Å². The van der Waals surface area contributed by atoms with Crippen LogP contribution in [0.3, 0.4) is 0 Å². The number of H-pyrrole nitrogens is 1. The van der Waals surface area contributed by atoms with Crippen LogP contribution in [0.15, 0.2) is 4.79 Å². The van der Waals surface area contributed by atoms with Crippen LogP contribution in [0, 0.1) is 4.77 Å². The highest BCUT2D eigenvalue weighted by Gasteiger charge is 2.20. The Hall–Kier alpha value is -1.06. The van der Waals surface area contributed by atoms with E-state index in [1.54, 1.807) is 15.9 Å². The number of aryl methyl sites for hydroxylation is 2. The lowest BCUT2D eigenvalue weighted by Crippen LogP contribution is -2.47. The molecule has 1 fully saturated rings. The maximum atomic E-state index is 13.2. The molecule has 0 amide bonds. The Morgan fingerprint density at radius 3 is 2.39 bits per heavy atom. The summed E-state index contributed by atoms with van der Waals surface area (Å²) in [7, 11) is 0. The van der Waals surface area contributed by atoms with Gasteiger partial charge in [0.05, 0.1) is 5.39 Å². The molecule has 3 heterocycles. The van der Waals surface area contributed by atoms with Crippen molar-refractivity contribution in [2.45, 2.75) is 45.1 Å². The van der Waals surface area contributed by atoms with E-state index in [2.05, 4.69) is 14.8 Å². The predicted molar refractivity (Wildman–Crippen MR) is 119 cm³/mol. The Kier molecular flexibility index (Phi) is 6.62. The number of nitrogens with zero attached hydrogens (tertiary/aromatic N) is 3. The standard InChI is InChI=1S/C20H31N5OS2/c21-7-3-8-23-11-13-24(14-12-23)9-4-10-25-19(26)17-15-5-1-2-6-16(15)28-18(17)22-20(25)27/h1-14,21H2,(H,22,27). The van der Waals surface area contributed by atoms with E-state index in [-0.39, 0.29) is 5.56 Å². The molecule has 0 spiro atoms. The zero-order valence-electron chi connectivity index (χ0n) is 16.5. The normalized spacial score (nSPS) is 18.6. The van der Waals surface area contributed by atoms with Gasteiger partial charge in [-0.15, -0.1) is 11.3 Å². The molecule has 2 aromatic heterocycles. The second-order valence-corrected chi connectivity index (χ2v) is 9.47. The number of hydrogen-bond donors (Lipinski definition) is 2. The highest BCUT2D eigenvalue weighted by Crippen LogP contribution is 2.33. The Labute approximate surface area is 175 Å². The summed E-state index contributed by atoms with van der Waals surface area (Å²) >= 11 is 7.25. The zero-order valence-corrected chi connectivity index (χ0v) is 18.2. The smallest absolute Gasteiger partial charge is 0.263 e. The van der Waals surface area contributed by atoms with Crippen LogP contribution in [-0.2, 0) is 19.4 Å². The first-order chi connectivity index (χ1) is 13.7. The molecule has 0 atom stereocenters. The van der Waals surface area contributed by atoms with Crippen LogP contribution in [0.1, 0.15) is 36.1 Å². The van der Waals surface area contributed by atoms with Crippen LogP contribution >= 0.6 is 23.6 Å². The van der Waals surface area contributed by atoms with E-state index >= 15 is 0 Å². The van der Waals surface area contributed by atoms with Gasteiger partial charge in [-0.2, -0.15) is 0 Å². The fraction of sp³-hybridized carbons (Fsp3) is 0.700. The molecule has 6 nitrogen and oxygen atoms in total. The molecular formula is C20H31N5OS2. The fourth-order valence-electron chi connectivity index (χ4n) is 4.48. The third kappa shape index (κ3) is 4.26. The number of nitrogens with one attached hydrogen (secondary N) is 1. The van der Waals surface area contributed by atoms with Crippen molar-refractivity contribution in [3.8, 4) is 0 Å². The number of nitrogens with two attached hydrogens (primary N) is 1. The van der Waals surface area contributed by atoms with Crippen molar-refractivity contribution in [1.82, 2.24) is 19.4 Å². The van der Waals surface area contributed by atoms with E-state index in [1.807, 2.05) is 0 Å². The minimum absolute atomic E-state index is 0.116. The summed E-state index contributed by atoms with van der Waals surface area (Å²) in [6.07, 6.45) is 6.59. The number of thiophene rings is 1. The number of fused-ring (bicyclic) bond motifs is 3. The van der Waals surface area contributed by atoms with E-state index < -0.39 is 0 Å². The lowest BCUT2D eigenvalue weighted by atomic mass is 9.97. The molecule has 3 N–H and O–H groups in total. The quantitative estimate of drug-likeness (QED) is 0.672.